The zero-order valence-electron chi connectivity index (χ0n) is 12.0. The molecule has 0 aliphatic heterocycles. The van der Waals surface area contributed by atoms with Crippen LogP contribution in [0.1, 0.15) is 13.8 Å². The molecular weight excluding hydrogens is 304 g/mol. The Bertz CT molecular complexity index is 546. The molecule has 0 fully saturated rings. The number of methoxy groups -OCH3 is 2. The molecule has 0 aliphatic carbocycles. The first kappa shape index (κ1) is 19.0. The number of halogens is 1. The molecule has 1 aromatic carbocycles. The molecule has 6 nitrogen and oxygen atoms in total. The fourth-order valence-electron chi connectivity index (χ4n) is 1.45. The van der Waals surface area contributed by atoms with Gasteiger partial charge in [0.1, 0.15) is 16.4 Å². The van der Waals surface area contributed by atoms with Crippen molar-refractivity contribution < 1.29 is 17.9 Å². The molecule has 0 spiro atoms. The van der Waals surface area contributed by atoms with E-state index in [0.717, 1.165) is 0 Å². The maximum absolute atomic E-state index is 12.4. The van der Waals surface area contributed by atoms with E-state index in [0.29, 0.717) is 5.75 Å². The van der Waals surface area contributed by atoms with Gasteiger partial charge in [0.05, 0.1) is 14.2 Å². The Morgan fingerprint density at radius 2 is 1.85 bits per heavy atom. The molecule has 1 aromatic rings. The lowest BCUT2D eigenvalue weighted by Crippen LogP contribution is -2.48. The van der Waals surface area contributed by atoms with Crippen LogP contribution in [-0.2, 0) is 10.0 Å². The Kier molecular flexibility index (Phi) is 6.76. The molecule has 0 aliphatic rings. The second kappa shape index (κ2) is 7.12. The minimum Gasteiger partial charge on any atom is -0.497 e. The summed E-state index contributed by atoms with van der Waals surface area (Å²) in [5.41, 5.74) is 4.79. The molecule has 0 bridgehead atoms. The summed E-state index contributed by atoms with van der Waals surface area (Å²) < 4.78 is 37.3. The maximum Gasteiger partial charge on any atom is 0.244 e. The van der Waals surface area contributed by atoms with E-state index in [2.05, 4.69) is 4.72 Å². The van der Waals surface area contributed by atoms with E-state index < -0.39 is 15.6 Å². The van der Waals surface area contributed by atoms with Gasteiger partial charge in [0.25, 0.3) is 0 Å². The average molecular weight is 325 g/mol. The van der Waals surface area contributed by atoms with Gasteiger partial charge in [-0.1, -0.05) is 0 Å². The molecule has 116 valence electrons. The van der Waals surface area contributed by atoms with Crippen molar-refractivity contribution in [1.29, 1.82) is 0 Å². The lowest BCUT2D eigenvalue weighted by Gasteiger charge is -2.24. The molecule has 0 aromatic heterocycles. The van der Waals surface area contributed by atoms with Crippen molar-refractivity contribution in [3.63, 3.8) is 0 Å². The third kappa shape index (κ3) is 4.52. The normalized spacial score (nSPS) is 11.7. The van der Waals surface area contributed by atoms with Gasteiger partial charge in [-0.15, -0.1) is 12.4 Å². The Morgan fingerprint density at radius 1 is 1.25 bits per heavy atom. The van der Waals surface area contributed by atoms with Gasteiger partial charge >= 0.3 is 0 Å². The van der Waals surface area contributed by atoms with E-state index in [1.54, 1.807) is 26.0 Å². The molecule has 20 heavy (non-hydrogen) atoms. The summed E-state index contributed by atoms with van der Waals surface area (Å²) in [6, 6.07) is 4.59. The molecule has 0 unspecified atom stereocenters. The molecule has 0 amide bonds. The first-order valence-electron chi connectivity index (χ1n) is 5.72. The molecule has 3 N–H and O–H groups in total. The van der Waals surface area contributed by atoms with Crippen molar-refractivity contribution in [2.24, 2.45) is 5.73 Å². The van der Waals surface area contributed by atoms with E-state index in [1.165, 1.54) is 20.3 Å². The van der Waals surface area contributed by atoms with Gasteiger partial charge in [-0.25, -0.2) is 13.1 Å². The largest absolute Gasteiger partial charge is 0.497 e. The van der Waals surface area contributed by atoms with Gasteiger partial charge in [0.2, 0.25) is 10.0 Å². The summed E-state index contributed by atoms with van der Waals surface area (Å²) in [4.78, 5) is 0.0240. The lowest BCUT2D eigenvalue weighted by molar-refractivity contribution is 0.390. The predicted octanol–water partition coefficient (Wildman–Crippen LogP) is 1.14. The number of nitrogens with two attached hydrogens (primary N) is 1. The van der Waals surface area contributed by atoms with Crippen LogP contribution in [0.5, 0.6) is 11.5 Å². The first-order chi connectivity index (χ1) is 8.75. The van der Waals surface area contributed by atoms with Gasteiger partial charge in [0, 0.05) is 18.2 Å². The fraction of sp³-hybridized carbons (Fsp3) is 0.500. The van der Waals surface area contributed by atoms with E-state index in [4.69, 9.17) is 15.2 Å². The highest BCUT2D eigenvalue weighted by Gasteiger charge is 2.27. The monoisotopic (exact) mass is 324 g/mol. The summed E-state index contributed by atoms with van der Waals surface area (Å²) in [5, 5.41) is 0. The van der Waals surface area contributed by atoms with Crippen molar-refractivity contribution >= 4 is 22.4 Å². The number of ether oxygens (including phenoxy) is 2. The van der Waals surface area contributed by atoms with Gasteiger partial charge in [-0.05, 0) is 26.0 Å². The Balaban J connectivity index is 0.00000361. The molecule has 1 rings (SSSR count). The summed E-state index contributed by atoms with van der Waals surface area (Å²) in [7, 11) is -0.861. The SMILES string of the molecule is COc1ccc(OC)c(S(=O)(=O)NC(C)(C)CN)c1.Cl. The van der Waals surface area contributed by atoms with Gasteiger partial charge in [-0.3, -0.25) is 0 Å². The van der Waals surface area contributed by atoms with E-state index in [-0.39, 0.29) is 29.6 Å². The van der Waals surface area contributed by atoms with E-state index in [1.807, 2.05) is 0 Å². The summed E-state index contributed by atoms with van der Waals surface area (Å²) >= 11 is 0. The second-order valence-electron chi connectivity index (χ2n) is 4.71. The van der Waals surface area contributed by atoms with Crippen molar-refractivity contribution in [3.8, 4) is 11.5 Å². The summed E-state index contributed by atoms with van der Waals surface area (Å²) in [5.74, 6) is 0.688. The zero-order valence-corrected chi connectivity index (χ0v) is 13.6. The smallest absolute Gasteiger partial charge is 0.244 e. The molecule has 0 atom stereocenters. The van der Waals surface area contributed by atoms with Gasteiger partial charge < -0.3 is 15.2 Å². The van der Waals surface area contributed by atoms with Crippen LogP contribution in [0.15, 0.2) is 23.1 Å². The van der Waals surface area contributed by atoms with Crippen molar-refractivity contribution in [3.05, 3.63) is 18.2 Å². The Hall–Kier alpha value is -1.02. The number of nitrogens with one attached hydrogen (secondary N) is 1. The van der Waals surface area contributed by atoms with Crippen LogP contribution in [0.3, 0.4) is 0 Å². The van der Waals surface area contributed by atoms with Gasteiger partial charge in [-0.2, -0.15) is 0 Å². The fourth-order valence-corrected chi connectivity index (χ4v) is 3.06. The number of sulfonamides is 1. The zero-order chi connectivity index (χ0) is 14.7. The molecule has 8 heteroatoms. The topological polar surface area (TPSA) is 90.6 Å². The molecule has 0 saturated carbocycles. The minimum absolute atomic E-state index is 0. The average Bonchev–Trinajstić information content (AvgIpc) is 2.36. The maximum atomic E-state index is 12.4. The summed E-state index contributed by atoms with van der Waals surface area (Å²) in [6.07, 6.45) is 0. The number of hydrogen-bond donors (Lipinski definition) is 2. The van der Waals surface area contributed by atoms with Crippen molar-refractivity contribution in [2.75, 3.05) is 20.8 Å². The molecule has 0 heterocycles. The van der Waals surface area contributed by atoms with Gasteiger partial charge in [0.15, 0.2) is 0 Å². The quantitative estimate of drug-likeness (QED) is 0.819. The Morgan fingerprint density at radius 3 is 2.30 bits per heavy atom. The lowest BCUT2D eigenvalue weighted by atomic mass is 10.1. The van der Waals surface area contributed by atoms with Crippen LogP contribution < -0.4 is 19.9 Å². The minimum atomic E-state index is -3.74. The third-order valence-corrected chi connectivity index (χ3v) is 4.30. The van der Waals surface area contributed by atoms with Crippen LogP contribution in [0.4, 0.5) is 0 Å². The van der Waals surface area contributed by atoms with E-state index >= 15 is 0 Å². The molecule has 0 radical (unpaired) electrons. The van der Waals surface area contributed by atoms with Crippen LogP contribution in [0.2, 0.25) is 0 Å². The third-order valence-electron chi connectivity index (χ3n) is 2.58. The summed E-state index contributed by atoms with van der Waals surface area (Å²) in [6.45, 7) is 3.59. The number of rotatable bonds is 6. The Labute approximate surface area is 126 Å². The van der Waals surface area contributed by atoms with Crippen LogP contribution in [0.25, 0.3) is 0 Å². The van der Waals surface area contributed by atoms with Crippen LogP contribution in [0, 0.1) is 0 Å². The number of hydrogen-bond acceptors (Lipinski definition) is 5. The molecule has 0 saturated heterocycles. The molecular formula is C12H21ClN2O4S. The highest BCUT2D eigenvalue weighted by molar-refractivity contribution is 7.89. The van der Waals surface area contributed by atoms with E-state index in [9.17, 15) is 8.42 Å². The second-order valence-corrected chi connectivity index (χ2v) is 6.36. The van der Waals surface area contributed by atoms with Crippen molar-refractivity contribution in [2.45, 2.75) is 24.3 Å². The van der Waals surface area contributed by atoms with Crippen molar-refractivity contribution in [1.82, 2.24) is 4.72 Å². The highest BCUT2D eigenvalue weighted by atomic mass is 35.5. The predicted molar refractivity (Wildman–Crippen MR) is 80.2 cm³/mol. The standard InChI is InChI=1S/C12H20N2O4S.ClH/c1-12(2,8-13)14-19(15,16)11-7-9(17-3)5-6-10(11)18-4;/h5-7,14H,8,13H2,1-4H3;1H. The first-order valence-corrected chi connectivity index (χ1v) is 7.20. The number of benzene rings is 1. The highest BCUT2D eigenvalue weighted by Crippen LogP contribution is 2.28. The van der Waals surface area contributed by atoms with Crippen LogP contribution in [-0.4, -0.2) is 34.7 Å². The van der Waals surface area contributed by atoms with Crippen LogP contribution >= 0.6 is 12.4 Å².